The lowest BCUT2D eigenvalue weighted by molar-refractivity contribution is 0.562. The molecule has 0 aromatic carbocycles. The molecule has 1 heterocycles. The third-order valence-electron chi connectivity index (χ3n) is 2.83. The number of unbranched alkanes of at least 4 members (excludes halogenated alkanes) is 1. The molecular weight excluding hydrogens is 170 g/mol. The fourth-order valence-electron chi connectivity index (χ4n) is 2.01. The van der Waals surface area contributed by atoms with Gasteiger partial charge in [-0.2, -0.15) is 0 Å². The van der Waals surface area contributed by atoms with Crippen LogP contribution in [0.25, 0.3) is 0 Å². The lowest BCUT2D eigenvalue weighted by atomic mass is 9.89. The van der Waals surface area contributed by atoms with Gasteiger partial charge >= 0.3 is 0 Å². The molecule has 1 aromatic rings. The SMILES string of the molecule is Bc1nc(C(CC)CCCC)c(B)[nH]1. The summed E-state index contributed by atoms with van der Waals surface area (Å²) in [5, 5.41) is 0. The molecule has 0 bridgehead atoms. The molecule has 0 radical (unpaired) electrons. The summed E-state index contributed by atoms with van der Waals surface area (Å²) in [7, 11) is 4.16. The summed E-state index contributed by atoms with van der Waals surface area (Å²) >= 11 is 0. The van der Waals surface area contributed by atoms with E-state index in [0.717, 1.165) is 5.72 Å². The number of nitrogens with one attached hydrogen (secondary N) is 1. The van der Waals surface area contributed by atoms with Crippen LogP contribution in [-0.4, -0.2) is 25.7 Å². The molecule has 76 valence electrons. The van der Waals surface area contributed by atoms with E-state index < -0.39 is 0 Å². The van der Waals surface area contributed by atoms with Crippen LogP contribution in [0.4, 0.5) is 0 Å². The first-order valence-electron chi connectivity index (χ1n) is 5.72. The number of hydrogen-bond acceptors (Lipinski definition) is 1. The Labute approximate surface area is 88.7 Å². The van der Waals surface area contributed by atoms with Crippen molar-refractivity contribution >= 4 is 27.0 Å². The van der Waals surface area contributed by atoms with Crippen molar-refractivity contribution in [1.82, 2.24) is 9.97 Å². The van der Waals surface area contributed by atoms with Crippen LogP contribution in [-0.2, 0) is 0 Å². The number of imidazole rings is 1. The topological polar surface area (TPSA) is 28.7 Å². The van der Waals surface area contributed by atoms with Crippen molar-refractivity contribution in [2.75, 3.05) is 0 Å². The third-order valence-corrected chi connectivity index (χ3v) is 2.83. The summed E-state index contributed by atoms with van der Waals surface area (Å²) in [5.41, 5.74) is 3.59. The van der Waals surface area contributed by atoms with Crippen molar-refractivity contribution in [2.24, 2.45) is 0 Å². The fraction of sp³-hybridized carbons (Fsp3) is 0.700. The molecule has 1 atom stereocenters. The van der Waals surface area contributed by atoms with E-state index in [1.807, 2.05) is 7.85 Å². The minimum absolute atomic E-state index is 0.653. The Morgan fingerprint density at radius 3 is 2.50 bits per heavy atom. The molecule has 0 aliphatic rings. The molecule has 1 rings (SSSR count). The van der Waals surface area contributed by atoms with E-state index in [2.05, 4.69) is 31.7 Å². The van der Waals surface area contributed by atoms with Gasteiger partial charge in [-0.3, -0.25) is 4.98 Å². The third kappa shape index (κ3) is 2.66. The van der Waals surface area contributed by atoms with Gasteiger partial charge in [0.2, 0.25) is 0 Å². The molecule has 0 aliphatic heterocycles. The molecular formula is C10H20B2N2. The quantitative estimate of drug-likeness (QED) is 0.629. The van der Waals surface area contributed by atoms with Gasteiger partial charge in [0.1, 0.15) is 0 Å². The lowest BCUT2D eigenvalue weighted by Gasteiger charge is -2.12. The van der Waals surface area contributed by atoms with E-state index in [1.54, 1.807) is 0 Å². The largest absolute Gasteiger partial charge is 0.363 e. The number of aromatic nitrogens is 2. The van der Waals surface area contributed by atoms with E-state index in [1.165, 1.54) is 37.0 Å². The molecule has 1 aromatic heterocycles. The lowest BCUT2D eigenvalue weighted by Crippen LogP contribution is -2.15. The number of hydrogen-bond donors (Lipinski definition) is 1. The smallest absolute Gasteiger partial charge is 0.186 e. The van der Waals surface area contributed by atoms with Gasteiger partial charge in [0.25, 0.3) is 0 Å². The van der Waals surface area contributed by atoms with Gasteiger partial charge in [-0.15, -0.1) is 0 Å². The van der Waals surface area contributed by atoms with Crippen LogP contribution < -0.4 is 11.3 Å². The predicted octanol–water partition coefficient (Wildman–Crippen LogP) is -0.390. The van der Waals surface area contributed by atoms with Crippen molar-refractivity contribution in [1.29, 1.82) is 0 Å². The van der Waals surface area contributed by atoms with Gasteiger partial charge in [0.15, 0.2) is 15.7 Å². The first-order valence-corrected chi connectivity index (χ1v) is 5.72. The highest BCUT2D eigenvalue weighted by Crippen LogP contribution is 2.21. The first-order chi connectivity index (χ1) is 6.69. The fourth-order valence-corrected chi connectivity index (χ4v) is 2.01. The highest BCUT2D eigenvalue weighted by atomic mass is 14.9. The van der Waals surface area contributed by atoms with E-state index in [9.17, 15) is 0 Å². The molecule has 14 heavy (non-hydrogen) atoms. The van der Waals surface area contributed by atoms with Crippen LogP contribution in [0.5, 0.6) is 0 Å². The maximum absolute atomic E-state index is 4.58. The number of rotatable bonds is 5. The van der Waals surface area contributed by atoms with Crippen molar-refractivity contribution in [3.63, 3.8) is 0 Å². The van der Waals surface area contributed by atoms with Crippen molar-refractivity contribution in [3.8, 4) is 0 Å². The van der Waals surface area contributed by atoms with Gasteiger partial charge in [0, 0.05) is 5.92 Å². The summed E-state index contributed by atoms with van der Waals surface area (Å²) in [5.74, 6) is 0.653. The monoisotopic (exact) mass is 190 g/mol. The average molecular weight is 190 g/mol. The first kappa shape index (κ1) is 11.4. The Morgan fingerprint density at radius 1 is 1.36 bits per heavy atom. The van der Waals surface area contributed by atoms with E-state index in [4.69, 9.17) is 0 Å². The summed E-state index contributed by atoms with van der Waals surface area (Å²) in [6.45, 7) is 4.50. The van der Waals surface area contributed by atoms with Gasteiger partial charge in [0.05, 0.1) is 11.4 Å². The summed E-state index contributed by atoms with van der Waals surface area (Å²) in [6.07, 6.45) is 5.06. The summed E-state index contributed by atoms with van der Waals surface area (Å²) in [4.78, 5) is 7.87. The standard InChI is InChI=1S/C10H20B2N2/c1-3-5-6-7(4-2)8-9(11)14-10(12)13-8/h7H,3-6,11-12H2,1-2H3,(H,13,14). The Bertz CT molecular complexity index is 284. The van der Waals surface area contributed by atoms with Crippen LogP contribution in [0.15, 0.2) is 0 Å². The summed E-state index contributed by atoms with van der Waals surface area (Å²) in [6, 6.07) is 0. The highest BCUT2D eigenvalue weighted by molar-refractivity contribution is 6.35. The molecule has 0 spiro atoms. The molecule has 4 heteroatoms. The molecule has 0 saturated carbocycles. The normalized spacial score (nSPS) is 13.0. The second-order valence-corrected chi connectivity index (χ2v) is 4.08. The zero-order valence-electron chi connectivity index (χ0n) is 9.85. The van der Waals surface area contributed by atoms with E-state index >= 15 is 0 Å². The van der Waals surface area contributed by atoms with Crippen LogP contribution in [0.3, 0.4) is 0 Å². The number of H-pyrrole nitrogens is 1. The average Bonchev–Trinajstić information content (AvgIpc) is 2.47. The maximum Gasteiger partial charge on any atom is 0.186 e. The van der Waals surface area contributed by atoms with Crippen LogP contribution in [0, 0.1) is 0 Å². The zero-order valence-corrected chi connectivity index (χ0v) is 9.85. The molecule has 1 unspecified atom stereocenters. The van der Waals surface area contributed by atoms with Gasteiger partial charge in [-0.25, -0.2) is 0 Å². The number of nitrogens with zero attached hydrogens (tertiary/aromatic N) is 1. The molecule has 0 amide bonds. The minimum Gasteiger partial charge on any atom is -0.363 e. The maximum atomic E-state index is 4.58. The summed E-state index contributed by atoms with van der Waals surface area (Å²) < 4.78 is 0. The van der Waals surface area contributed by atoms with Crippen LogP contribution >= 0.6 is 0 Å². The van der Waals surface area contributed by atoms with Crippen LogP contribution in [0.1, 0.15) is 51.1 Å². The molecule has 1 N–H and O–H groups in total. The van der Waals surface area contributed by atoms with E-state index in [0.29, 0.717) is 5.92 Å². The molecule has 2 nitrogen and oxygen atoms in total. The highest BCUT2D eigenvalue weighted by Gasteiger charge is 2.14. The Hall–Kier alpha value is -0.660. The van der Waals surface area contributed by atoms with Gasteiger partial charge in [-0.1, -0.05) is 26.7 Å². The van der Waals surface area contributed by atoms with Gasteiger partial charge < -0.3 is 4.98 Å². The van der Waals surface area contributed by atoms with Crippen molar-refractivity contribution in [3.05, 3.63) is 5.69 Å². The predicted molar refractivity (Wildman–Crippen MR) is 67.5 cm³/mol. The minimum atomic E-state index is 0.653. The molecule has 0 aliphatic carbocycles. The van der Waals surface area contributed by atoms with E-state index in [-0.39, 0.29) is 0 Å². The Kier molecular flexibility index (Phi) is 4.30. The second kappa shape index (κ2) is 5.28. The second-order valence-electron chi connectivity index (χ2n) is 4.08. The van der Waals surface area contributed by atoms with Crippen molar-refractivity contribution < 1.29 is 0 Å². The van der Waals surface area contributed by atoms with Gasteiger partial charge in [-0.05, 0) is 18.4 Å². The molecule has 0 saturated heterocycles. The van der Waals surface area contributed by atoms with Crippen LogP contribution in [0.2, 0.25) is 0 Å². The van der Waals surface area contributed by atoms with Crippen molar-refractivity contribution in [2.45, 2.75) is 45.4 Å². The zero-order chi connectivity index (χ0) is 10.6. The Morgan fingerprint density at radius 2 is 2.07 bits per heavy atom. The molecule has 0 fully saturated rings. The Balaban J connectivity index is 2.72. The number of aromatic amines is 1.